The molecule has 0 aliphatic heterocycles. The molecule has 220 valence electrons. The molecule has 0 aromatic carbocycles. The zero-order valence-corrected chi connectivity index (χ0v) is 25.8. The van der Waals surface area contributed by atoms with Gasteiger partial charge in [0.2, 0.25) is 0 Å². The Labute approximate surface area is 249 Å². The summed E-state index contributed by atoms with van der Waals surface area (Å²) in [6.45, 7) is 6.50. The molecule has 0 aliphatic rings. The fraction of sp³-hybridized carbons (Fsp3) is 0.440. The van der Waals surface area contributed by atoms with E-state index in [9.17, 15) is 9.59 Å². The van der Waals surface area contributed by atoms with Gasteiger partial charge in [-0.05, 0) is 12.3 Å². The van der Waals surface area contributed by atoms with Crippen molar-refractivity contribution in [3.63, 3.8) is 0 Å². The number of aliphatic carboxylic acids is 2. The SMILES string of the molecule is CC(Br)Cc1cnc[nH]1.CC(C)Cc1cnc[nH]1.N[C@@H](Cc1cnc[nH]1)C(=O)O.O=C(O)C(Br)Cc1cnc[nH]1. The Balaban J connectivity index is 0.000000268. The number of hydrogen-bond acceptors (Lipinski definition) is 7. The second-order valence-electron chi connectivity index (χ2n) is 9.05. The molecule has 0 bridgehead atoms. The van der Waals surface area contributed by atoms with Gasteiger partial charge >= 0.3 is 11.9 Å². The fourth-order valence-corrected chi connectivity index (χ4v) is 3.63. The van der Waals surface area contributed by atoms with Crippen LogP contribution in [0.3, 0.4) is 0 Å². The van der Waals surface area contributed by atoms with E-state index in [1.807, 2.05) is 12.4 Å². The number of aromatic amines is 4. The molecular formula is C25H37Br2N9O4. The first-order valence-electron chi connectivity index (χ1n) is 12.4. The summed E-state index contributed by atoms with van der Waals surface area (Å²) >= 11 is 6.46. The topological polar surface area (TPSA) is 215 Å². The van der Waals surface area contributed by atoms with E-state index in [0.717, 1.165) is 24.2 Å². The Morgan fingerprint density at radius 1 is 0.700 bits per heavy atom. The third-order valence-corrected chi connectivity index (χ3v) is 5.81. The molecule has 4 rings (SSSR count). The van der Waals surface area contributed by atoms with Crippen LogP contribution in [0.25, 0.3) is 0 Å². The first-order chi connectivity index (χ1) is 19.0. The number of hydrogen-bond donors (Lipinski definition) is 7. The highest BCUT2D eigenvalue weighted by molar-refractivity contribution is 9.10. The molecule has 8 N–H and O–H groups in total. The summed E-state index contributed by atoms with van der Waals surface area (Å²) in [4.78, 5) is 47.6. The number of H-pyrrole nitrogens is 4. The lowest BCUT2D eigenvalue weighted by Crippen LogP contribution is -2.32. The standard InChI is InChI=1S/C7H12N2.C6H7BrN2O2.C6H9BrN2.C6H9N3O2/c1-6(2)3-7-4-8-5-9-7;7-5(6(10)11)1-4-2-8-3-9-4;1-5(7)2-6-3-8-4-9-6;7-5(6(10)11)1-4-2-8-3-9-4/h4-6H,3H2,1-2H3,(H,8,9);2-3,5H,1H2,(H,8,9)(H,10,11);3-5H,2H2,1H3,(H,8,9);2-3,5H,1,7H2,(H,8,9)(H,10,11)/t;;;5-/m...0/s1. The van der Waals surface area contributed by atoms with Gasteiger partial charge in [-0.15, -0.1) is 0 Å². The van der Waals surface area contributed by atoms with Crippen LogP contribution in [0.4, 0.5) is 0 Å². The largest absolute Gasteiger partial charge is 0.480 e. The van der Waals surface area contributed by atoms with Gasteiger partial charge < -0.3 is 35.9 Å². The van der Waals surface area contributed by atoms with Crippen LogP contribution in [-0.2, 0) is 35.3 Å². The molecule has 4 aromatic rings. The number of carbonyl (C=O) groups is 2. The number of carboxylic acids is 2. The quantitative estimate of drug-likeness (QED) is 0.121. The summed E-state index contributed by atoms with van der Waals surface area (Å²) in [6, 6.07) is -0.851. The lowest BCUT2D eigenvalue weighted by Gasteiger charge is -2.02. The van der Waals surface area contributed by atoms with Crippen LogP contribution in [0.15, 0.2) is 50.1 Å². The minimum Gasteiger partial charge on any atom is -0.480 e. The summed E-state index contributed by atoms with van der Waals surface area (Å²) in [5, 5.41) is 16.9. The molecule has 0 spiro atoms. The molecule has 0 amide bonds. The van der Waals surface area contributed by atoms with Crippen molar-refractivity contribution in [2.24, 2.45) is 11.7 Å². The van der Waals surface area contributed by atoms with Crippen LogP contribution in [0.2, 0.25) is 0 Å². The zero-order valence-electron chi connectivity index (χ0n) is 22.6. The summed E-state index contributed by atoms with van der Waals surface area (Å²) < 4.78 is 0. The third kappa shape index (κ3) is 16.6. The highest BCUT2D eigenvalue weighted by Crippen LogP contribution is 2.07. The van der Waals surface area contributed by atoms with E-state index in [1.165, 1.54) is 24.0 Å². The molecule has 4 aromatic heterocycles. The molecule has 40 heavy (non-hydrogen) atoms. The van der Waals surface area contributed by atoms with Gasteiger partial charge in [0.05, 0.1) is 25.3 Å². The molecule has 0 saturated heterocycles. The minimum absolute atomic E-state index is 0.287. The lowest BCUT2D eigenvalue weighted by molar-refractivity contribution is -0.138. The number of imidazole rings is 4. The van der Waals surface area contributed by atoms with Gasteiger partial charge in [-0.3, -0.25) is 9.59 Å². The molecular weight excluding hydrogens is 650 g/mol. The summed E-state index contributed by atoms with van der Waals surface area (Å²) in [6.07, 6.45) is 16.1. The molecule has 3 atom stereocenters. The van der Waals surface area contributed by atoms with Crippen molar-refractivity contribution < 1.29 is 19.8 Å². The van der Waals surface area contributed by atoms with Gasteiger partial charge in [-0.2, -0.15) is 0 Å². The Bertz CT molecular complexity index is 1060. The van der Waals surface area contributed by atoms with Crippen LogP contribution in [0, 0.1) is 5.92 Å². The van der Waals surface area contributed by atoms with Gasteiger partial charge in [0.1, 0.15) is 10.9 Å². The predicted molar refractivity (Wildman–Crippen MR) is 158 cm³/mol. The number of nitrogens with two attached hydrogens (primary N) is 1. The van der Waals surface area contributed by atoms with E-state index >= 15 is 0 Å². The summed E-state index contributed by atoms with van der Waals surface area (Å²) in [5.41, 5.74) is 9.22. The molecule has 0 saturated carbocycles. The van der Waals surface area contributed by atoms with Crippen molar-refractivity contribution in [2.45, 2.75) is 62.2 Å². The number of nitrogens with zero attached hydrogens (tertiary/aromatic N) is 4. The minimum atomic E-state index is -1.00. The van der Waals surface area contributed by atoms with Crippen molar-refractivity contribution in [2.75, 3.05) is 0 Å². The molecule has 0 fully saturated rings. The predicted octanol–water partition coefficient (Wildman–Crippen LogP) is 3.51. The second-order valence-corrected chi connectivity index (χ2v) is 11.7. The molecule has 0 radical (unpaired) electrons. The maximum Gasteiger partial charge on any atom is 0.320 e. The number of aromatic nitrogens is 8. The molecule has 2 unspecified atom stereocenters. The highest BCUT2D eigenvalue weighted by atomic mass is 79.9. The Kier molecular flexibility index (Phi) is 17.1. The number of nitrogens with one attached hydrogen (secondary N) is 4. The maximum absolute atomic E-state index is 10.3. The Morgan fingerprint density at radius 3 is 1.38 bits per heavy atom. The fourth-order valence-electron chi connectivity index (χ4n) is 2.93. The smallest absolute Gasteiger partial charge is 0.320 e. The van der Waals surface area contributed by atoms with Gasteiger partial charge in [0, 0.05) is 71.7 Å². The van der Waals surface area contributed by atoms with Crippen molar-refractivity contribution in [3.8, 4) is 0 Å². The molecule has 4 heterocycles. The van der Waals surface area contributed by atoms with Crippen LogP contribution < -0.4 is 5.73 Å². The monoisotopic (exact) mass is 685 g/mol. The first kappa shape index (κ1) is 34.7. The third-order valence-electron chi connectivity index (χ3n) is 4.77. The van der Waals surface area contributed by atoms with Crippen molar-refractivity contribution in [1.29, 1.82) is 0 Å². The summed E-state index contributed by atoms with van der Waals surface area (Å²) in [5.74, 6) is -1.15. The summed E-state index contributed by atoms with van der Waals surface area (Å²) in [7, 11) is 0. The molecule has 0 aliphatic carbocycles. The Hall–Kier alpha value is -3.30. The average Bonchev–Trinajstić information content (AvgIpc) is 3.69. The molecule has 15 heteroatoms. The van der Waals surface area contributed by atoms with Gasteiger partial charge in [-0.1, -0.05) is 52.6 Å². The van der Waals surface area contributed by atoms with E-state index < -0.39 is 22.8 Å². The number of halogens is 2. The first-order valence-corrected chi connectivity index (χ1v) is 14.2. The van der Waals surface area contributed by atoms with Crippen molar-refractivity contribution in [1.82, 2.24) is 39.9 Å². The van der Waals surface area contributed by atoms with Crippen molar-refractivity contribution >= 4 is 43.8 Å². The van der Waals surface area contributed by atoms with E-state index in [0.29, 0.717) is 17.2 Å². The zero-order chi connectivity index (χ0) is 29.9. The number of rotatable bonds is 10. The average molecular weight is 687 g/mol. The van der Waals surface area contributed by atoms with Crippen molar-refractivity contribution in [3.05, 3.63) is 72.9 Å². The highest BCUT2D eigenvalue weighted by Gasteiger charge is 2.14. The number of carboxylic acid groups (broad SMARTS) is 2. The van der Waals surface area contributed by atoms with Crippen LogP contribution >= 0.6 is 31.9 Å². The number of alkyl halides is 2. The van der Waals surface area contributed by atoms with Gasteiger partial charge in [0.25, 0.3) is 0 Å². The lowest BCUT2D eigenvalue weighted by atomic mass is 10.1. The van der Waals surface area contributed by atoms with Crippen LogP contribution in [-0.4, -0.2) is 77.7 Å². The van der Waals surface area contributed by atoms with Gasteiger partial charge in [-0.25, -0.2) is 19.9 Å². The van der Waals surface area contributed by atoms with E-state index in [2.05, 4.69) is 92.5 Å². The molecule has 13 nitrogen and oxygen atoms in total. The maximum atomic E-state index is 10.3. The van der Waals surface area contributed by atoms with Crippen LogP contribution in [0.1, 0.15) is 43.5 Å². The van der Waals surface area contributed by atoms with Crippen LogP contribution in [0.5, 0.6) is 0 Å². The van der Waals surface area contributed by atoms with E-state index in [1.54, 1.807) is 25.0 Å². The van der Waals surface area contributed by atoms with E-state index in [-0.39, 0.29) is 6.42 Å². The normalized spacial score (nSPS) is 12.5. The second kappa shape index (κ2) is 19.7. The van der Waals surface area contributed by atoms with E-state index in [4.69, 9.17) is 15.9 Å². The van der Waals surface area contributed by atoms with Gasteiger partial charge in [0.15, 0.2) is 0 Å². The Morgan fingerprint density at radius 2 is 1.07 bits per heavy atom.